The van der Waals surface area contributed by atoms with Crippen molar-refractivity contribution in [1.29, 1.82) is 5.26 Å². The molecule has 0 saturated heterocycles. The van der Waals surface area contributed by atoms with E-state index >= 15 is 0 Å². The summed E-state index contributed by atoms with van der Waals surface area (Å²) in [5.41, 5.74) is 7.58. The molecule has 0 saturated carbocycles. The van der Waals surface area contributed by atoms with E-state index < -0.39 is 5.92 Å². The highest BCUT2D eigenvalue weighted by atomic mass is 35.5. The summed E-state index contributed by atoms with van der Waals surface area (Å²) in [5.74, 6) is 0.899. The van der Waals surface area contributed by atoms with Crippen molar-refractivity contribution in [3.05, 3.63) is 51.7 Å². The number of hydrogen-bond acceptors (Lipinski definition) is 7. The zero-order valence-corrected chi connectivity index (χ0v) is 17.2. The first kappa shape index (κ1) is 18.8. The summed E-state index contributed by atoms with van der Waals surface area (Å²) in [7, 11) is 0. The second-order valence-corrected chi connectivity index (χ2v) is 8.83. The van der Waals surface area contributed by atoms with Crippen LogP contribution >= 0.6 is 11.6 Å². The lowest BCUT2D eigenvalue weighted by molar-refractivity contribution is -0.119. The number of aromatic nitrogens is 1. The Balaban J connectivity index is 1.73. The molecule has 3 heterocycles. The maximum absolute atomic E-state index is 13.1. The maximum Gasteiger partial charge on any atom is 0.231 e. The number of Topliss-reactive ketones (excluding diaryl/α,β-unsaturated/α-hetero) is 1. The molecule has 8 heteroatoms. The summed E-state index contributed by atoms with van der Waals surface area (Å²) >= 11 is 6.56. The van der Waals surface area contributed by atoms with Crippen molar-refractivity contribution in [2.24, 2.45) is 11.1 Å². The standard InChI is InChI=1S/C22H18ClN3O4/c1-22(2)6-14(27)19-17(7-22)30-21(25)12(8-24)18(19)11-3-10-4-15-16(29-9-28-15)5-13(10)26-20(11)23/h3-5,18H,6-7,9,25H2,1-2H3/t18-/m1/s1. The van der Waals surface area contributed by atoms with Crippen molar-refractivity contribution in [3.63, 3.8) is 0 Å². The first-order valence-electron chi connectivity index (χ1n) is 9.51. The van der Waals surface area contributed by atoms with Gasteiger partial charge in [0, 0.05) is 35.4 Å². The summed E-state index contributed by atoms with van der Waals surface area (Å²) in [6, 6.07) is 7.50. The van der Waals surface area contributed by atoms with Crippen molar-refractivity contribution in [1.82, 2.24) is 4.98 Å². The second kappa shape index (κ2) is 6.38. The van der Waals surface area contributed by atoms with Crippen LogP contribution in [0, 0.1) is 16.7 Å². The molecule has 0 bridgehead atoms. The summed E-state index contributed by atoms with van der Waals surface area (Å²) in [6.45, 7) is 4.14. The summed E-state index contributed by atoms with van der Waals surface area (Å²) in [4.78, 5) is 17.6. The van der Waals surface area contributed by atoms with Gasteiger partial charge < -0.3 is 19.9 Å². The molecule has 152 valence electrons. The highest BCUT2D eigenvalue weighted by Crippen LogP contribution is 2.49. The van der Waals surface area contributed by atoms with Crippen molar-refractivity contribution >= 4 is 28.3 Å². The highest BCUT2D eigenvalue weighted by molar-refractivity contribution is 6.31. The molecule has 0 spiro atoms. The molecule has 7 nitrogen and oxygen atoms in total. The first-order chi connectivity index (χ1) is 14.3. The maximum atomic E-state index is 13.1. The fourth-order valence-electron chi connectivity index (χ4n) is 4.35. The number of nitrogens with zero attached hydrogens (tertiary/aromatic N) is 2. The van der Waals surface area contributed by atoms with Crippen LogP contribution < -0.4 is 15.2 Å². The van der Waals surface area contributed by atoms with Crippen LogP contribution in [0.2, 0.25) is 5.15 Å². The number of benzene rings is 1. The van der Waals surface area contributed by atoms with E-state index in [1.807, 2.05) is 26.0 Å². The van der Waals surface area contributed by atoms with E-state index in [0.29, 0.717) is 46.8 Å². The normalized spacial score (nSPS) is 22.1. The molecular weight excluding hydrogens is 406 g/mol. The van der Waals surface area contributed by atoms with E-state index in [4.69, 9.17) is 31.5 Å². The van der Waals surface area contributed by atoms with Crippen molar-refractivity contribution in [2.45, 2.75) is 32.6 Å². The van der Waals surface area contributed by atoms with Gasteiger partial charge in [0.2, 0.25) is 12.7 Å². The van der Waals surface area contributed by atoms with Crippen LogP contribution in [-0.2, 0) is 9.53 Å². The third-order valence-corrected chi connectivity index (χ3v) is 5.98. The zero-order valence-electron chi connectivity index (χ0n) is 16.4. The number of carbonyl (C=O) groups is 1. The van der Waals surface area contributed by atoms with Crippen LogP contribution in [0.1, 0.15) is 38.2 Å². The van der Waals surface area contributed by atoms with Gasteiger partial charge in [0.1, 0.15) is 22.6 Å². The molecule has 2 aliphatic heterocycles. The highest BCUT2D eigenvalue weighted by Gasteiger charge is 2.43. The molecule has 0 fully saturated rings. The van der Waals surface area contributed by atoms with Crippen LogP contribution in [0.4, 0.5) is 0 Å². The number of fused-ring (bicyclic) bond motifs is 2. The van der Waals surface area contributed by atoms with Crippen molar-refractivity contribution in [3.8, 4) is 17.6 Å². The monoisotopic (exact) mass is 423 g/mol. The number of nitrogens with two attached hydrogens (primary N) is 1. The predicted octanol–water partition coefficient (Wildman–Crippen LogP) is 4.07. The minimum Gasteiger partial charge on any atom is -0.454 e. The van der Waals surface area contributed by atoms with Crippen molar-refractivity contribution in [2.75, 3.05) is 6.79 Å². The number of allylic oxidation sites excluding steroid dienone is 3. The molecule has 3 aliphatic rings. The summed E-state index contributed by atoms with van der Waals surface area (Å²) < 4.78 is 16.6. The van der Waals surface area contributed by atoms with Crippen LogP contribution in [-0.4, -0.2) is 17.6 Å². The molecule has 5 rings (SSSR count). The smallest absolute Gasteiger partial charge is 0.231 e. The molecule has 2 aromatic rings. The van der Waals surface area contributed by atoms with Gasteiger partial charge in [-0.2, -0.15) is 5.26 Å². The number of ether oxygens (including phenoxy) is 3. The molecular formula is C22H18ClN3O4. The average molecular weight is 424 g/mol. The molecule has 1 atom stereocenters. The molecule has 1 aliphatic carbocycles. The lowest BCUT2D eigenvalue weighted by atomic mass is 9.70. The van der Waals surface area contributed by atoms with E-state index in [1.54, 1.807) is 6.07 Å². The Morgan fingerprint density at radius 1 is 1.23 bits per heavy atom. The van der Waals surface area contributed by atoms with Gasteiger partial charge in [-0.15, -0.1) is 0 Å². The van der Waals surface area contributed by atoms with Gasteiger partial charge in [0.15, 0.2) is 17.3 Å². The number of halogens is 1. The molecule has 1 aromatic carbocycles. The third-order valence-electron chi connectivity index (χ3n) is 5.68. The van der Waals surface area contributed by atoms with E-state index in [2.05, 4.69) is 11.1 Å². The number of nitriles is 1. The Hall–Kier alpha value is -3.24. The van der Waals surface area contributed by atoms with E-state index in [-0.39, 0.29) is 34.6 Å². The molecule has 2 N–H and O–H groups in total. The molecule has 1 aromatic heterocycles. The molecule has 0 unspecified atom stereocenters. The predicted molar refractivity (Wildman–Crippen MR) is 109 cm³/mol. The van der Waals surface area contributed by atoms with Gasteiger partial charge in [-0.3, -0.25) is 4.79 Å². The van der Waals surface area contributed by atoms with Crippen LogP contribution in [0.15, 0.2) is 41.0 Å². The quantitative estimate of drug-likeness (QED) is 0.689. The van der Waals surface area contributed by atoms with Gasteiger partial charge in [-0.25, -0.2) is 4.98 Å². The second-order valence-electron chi connectivity index (χ2n) is 8.47. The zero-order chi connectivity index (χ0) is 21.2. The Bertz CT molecular complexity index is 1240. The molecule has 30 heavy (non-hydrogen) atoms. The summed E-state index contributed by atoms with van der Waals surface area (Å²) in [6.07, 6.45) is 0.892. The number of rotatable bonds is 1. The number of hydrogen-bond donors (Lipinski definition) is 1. The minimum atomic E-state index is -0.725. The Morgan fingerprint density at radius 3 is 2.70 bits per heavy atom. The molecule has 0 radical (unpaired) electrons. The van der Waals surface area contributed by atoms with Gasteiger partial charge in [-0.1, -0.05) is 25.4 Å². The van der Waals surface area contributed by atoms with Crippen molar-refractivity contribution < 1.29 is 19.0 Å². The van der Waals surface area contributed by atoms with Gasteiger partial charge in [-0.05, 0) is 17.5 Å². The number of pyridine rings is 1. The lowest BCUT2D eigenvalue weighted by Crippen LogP contribution is -2.33. The lowest BCUT2D eigenvalue weighted by Gasteiger charge is -2.37. The van der Waals surface area contributed by atoms with Gasteiger partial charge in [0.05, 0.1) is 11.4 Å². The van der Waals surface area contributed by atoms with E-state index in [1.165, 1.54) is 0 Å². The summed E-state index contributed by atoms with van der Waals surface area (Å²) in [5, 5.41) is 10.8. The fourth-order valence-corrected chi connectivity index (χ4v) is 4.61. The van der Waals surface area contributed by atoms with Crippen LogP contribution in [0.3, 0.4) is 0 Å². The van der Waals surface area contributed by atoms with E-state index in [9.17, 15) is 10.1 Å². The average Bonchev–Trinajstić information content (AvgIpc) is 3.11. The van der Waals surface area contributed by atoms with Gasteiger partial charge in [0.25, 0.3) is 0 Å². The first-order valence-corrected chi connectivity index (χ1v) is 9.89. The number of ketones is 1. The Kier molecular flexibility index (Phi) is 3.99. The van der Waals surface area contributed by atoms with E-state index in [0.717, 1.165) is 5.39 Å². The Labute approximate surface area is 177 Å². The number of carbonyl (C=O) groups excluding carboxylic acids is 1. The fraction of sp³-hybridized carbons (Fsp3) is 0.318. The largest absolute Gasteiger partial charge is 0.454 e. The van der Waals surface area contributed by atoms with Crippen LogP contribution in [0.5, 0.6) is 11.5 Å². The SMILES string of the molecule is CC1(C)CC(=O)C2=C(C1)OC(N)=C(C#N)[C@H]2c1cc2cc3c(cc2nc1Cl)OCO3. The minimum absolute atomic E-state index is 0.00593. The Morgan fingerprint density at radius 2 is 1.97 bits per heavy atom. The van der Waals surface area contributed by atoms with Gasteiger partial charge >= 0.3 is 0 Å². The third kappa shape index (κ3) is 2.79. The topological polar surface area (TPSA) is 107 Å². The van der Waals surface area contributed by atoms with Crippen LogP contribution in [0.25, 0.3) is 10.9 Å². The molecule has 0 amide bonds.